The van der Waals surface area contributed by atoms with E-state index in [-0.39, 0.29) is 11.3 Å². The van der Waals surface area contributed by atoms with Gasteiger partial charge in [0.05, 0.1) is 37.2 Å². The van der Waals surface area contributed by atoms with Gasteiger partial charge in [0, 0.05) is 0 Å². The fourth-order valence-corrected chi connectivity index (χ4v) is 2.82. The summed E-state index contributed by atoms with van der Waals surface area (Å²) in [5.74, 6) is 1.15. The highest BCUT2D eigenvalue weighted by atomic mass is 16.5. The molecule has 102 valence electrons. The second-order valence-corrected chi connectivity index (χ2v) is 5.46. The lowest BCUT2D eigenvalue weighted by Gasteiger charge is -2.46. The molecule has 0 aliphatic carbocycles. The van der Waals surface area contributed by atoms with Gasteiger partial charge in [-0.05, 0) is 30.5 Å². The standard InChI is InChI=1S/C16H21NO2/c1-4-19-14-7-5-6-13(8-14)16(10-18-11-16)15(9-17)12(2)3/h5-8,12,15H,4,10-11H2,1-3H3. The van der Waals surface area contributed by atoms with Gasteiger partial charge in [0.15, 0.2) is 0 Å². The van der Waals surface area contributed by atoms with Crippen molar-refractivity contribution in [2.75, 3.05) is 19.8 Å². The summed E-state index contributed by atoms with van der Waals surface area (Å²) in [5, 5.41) is 9.49. The quantitative estimate of drug-likeness (QED) is 0.815. The third-order valence-electron chi connectivity index (χ3n) is 3.84. The Labute approximate surface area is 115 Å². The number of hydrogen-bond donors (Lipinski definition) is 0. The summed E-state index contributed by atoms with van der Waals surface area (Å²) in [5.41, 5.74) is 0.987. The minimum Gasteiger partial charge on any atom is -0.494 e. The van der Waals surface area contributed by atoms with E-state index in [0.29, 0.717) is 25.7 Å². The molecule has 3 nitrogen and oxygen atoms in total. The van der Waals surface area contributed by atoms with Gasteiger partial charge in [0.1, 0.15) is 5.75 Å². The van der Waals surface area contributed by atoms with Crippen molar-refractivity contribution in [3.8, 4) is 11.8 Å². The van der Waals surface area contributed by atoms with E-state index in [1.165, 1.54) is 0 Å². The van der Waals surface area contributed by atoms with Crippen molar-refractivity contribution in [2.45, 2.75) is 26.2 Å². The Morgan fingerprint density at radius 1 is 1.42 bits per heavy atom. The number of ether oxygens (including phenoxy) is 2. The molecule has 1 aromatic carbocycles. The first-order chi connectivity index (χ1) is 9.14. The molecule has 0 radical (unpaired) electrons. The normalized spacial score (nSPS) is 18.5. The zero-order chi connectivity index (χ0) is 13.9. The molecule has 19 heavy (non-hydrogen) atoms. The molecule has 2 rings (SSSR count). The van der Waals surface area contributed by atoms with Crippen molar-refractivity contribution in [1.29, 1.82) is 5.26 Å². The smallest absolute Gasteiger partial charge is 0.119 e. The van der Waals surface area contributed by atoms with Crippen LogP contribution in [0.25, 0.3) is 0 Å². The summed E-state index contributed by atoms with van der Waals surface area (Å²) in [6.07, 6.45) is 0. The lowest BCUT2D eigenvalue weighted by molar-refractivity contribution is -0.0877. The molecule has 0 spiro atoms. The number of hydrogen-bond acceptors (Lipinski definition) is 3. The zero-order valence-corrected chi connectivity index (χ0v) is 11.8. The Kier molecular flexibility index (Phi) is 4.11. The molecule has 1 heterocycles. The van der Waals surface area contributed by atoms with E-state index in [1.807, 2.05) is 19.1 Å². The molecule has 1 fully saturated rings. The average Bonchev–Trinajstić information content (AvgIpc) is 2.33. The zero-order valence-electron chi connectivity index (χ0n) is 11.8. The van der Waals surface area contributed by atoms with E-state index in [4.69, 9.17) is 9.47 Å². The van der Waals surface area contributed by atoms with E-state index >= 15 is 0 Å². The van der Waals surface area contributed by atoms with Crippen LogP contribution in [0.15, 0.2) is 24.3 Å². The summed E-state index contributed by atoms with van der Waals surface area (Å²) in [6.45, 7) is 8.07. The van der Waals surface area contributed by atoms with Gasteiger partial charge in [-0.15, -0.1) is 0 Å². The Morgan fingerprint density at radius 3 is 2.63 bits per heavy atom. The Morgan fingerprint density at radius 2 is 2.16 bits per heavy atom. The van der Waals surface area contributed by atoms with Gasteiger partial charge < -0.3 is 9.47 Å². The molecule has 1 aliphatic heterocycles. The Bertz CT molecular complexity index is 472. The molecule has 1 saturated heterocycles. The maximum atomic E-state index is 9.49. The maximum Gasteiger partial charge on any atom is 0.119 e. The number of nitrogens with zero attached hydrogens (tertiary/aromatic N) is 1. The van der Waals surface area contributed by atoms with Gasteiger partial charge in [-0.2, -0.15) is 5.26 Å². The Balaban J connectivity index is 2.36. The van der Waals surface area contributed by atoms with Crippen molar-refractivity contribution in [3.63, 3.8) is 0 Å². The lowest BCUT2D eigenvalue weighted by Crippen LogP contribution is -2.53. The summed E-state index contributed by atoms with van der Waals surface area (Å²) >= 11 is 0. The summed E-state index contributed by atoms with van der Waals surface area (Å²) < 4.78 is 11.0. The number of rotatable bonds is 5. The number of nitriles is 1. The highest BCUT2D eigenvalue weighted by Crippen LogP contribution is 2.43. The molecule has 1 unspecified atom stereocenters. The van der Waals surface area contributed by atoms with Crippen LogP contribution >= 0.6 is 0 Å². The van der Waals surface area contributed by atoms with Crippen LogP contribution in [0.2, 0.25) is 0 Å². The first-order valence-electron chi connectivity index (χ1n) is 6.84. The predicted molar refractivity (Wildman–Crippen MR) is 74.0 cm³/mol. The van der Waals surface area contributed by atoms with Crippen molar-refractivity contribution >= 4 is 0 Å². The SMILES string of the molecule is CCOc1cccc(C2(C(C#N)C(C)C)COC2)c1. The first-order valence-corrected chi connectivity index (χ1v) is 6.84. The lowest BCUT2D eigenvalue weighted by atomic mass is 9.65. The van der Waals surface area contributed by atoms with Crippen LogP contribution in [0.5, 0.6) is 5.75 Å². The number of benzene rings is 1. The van der Waals surface area contributed by atoms with Gasteiger partial charge in [0.25, 0.3) is 0 Å². The molecule has 0 aromatic heterocycles. The average molecular weight is 259 g/mol. The first kappa shape index (κ1) is 13.9. The molecular weight excluding hydrogens is 238 g/mol. The van der Waals surface area contributed by atoms with Gasteiger partial charge in [-0.3, -0.25) is 0 Å². The highest BCUT2D eigenvalue weighted by molar-refractivity contribution is 5.37. The van der Waals surface area contributed by atoms with Gasteiger partial charge >= 0.3 is 0 Å². The largest absolute Gasteiger partial charge is 0.494 e. The van der Waals surface area contributed by atoms with Crippen LogP contribution in [0.1, 0.15) is 26.3 Å². The topological polar surface area (TPSA) is 42.2 Å². The van der Waals surface area contributed by atoms with E-state index in [9.17, 15) is 5.26 Å². The summed E-state index contributed by atoms with van der Waals surface area (Å²) in [6, 6.07) is 10.6. The second kappa shape index (κ2) is 5.63. The van der Waals surface area contributed by atoms with Crippen LogP contribution in [-0.2, 0) is 10.2 Å². The van der Waals surface area contributed by atoms with Crippen molar-refractivity contribution < 1.29 is 9.47 Å². The minimum absolute atomic E-state index is 0.0295. The van der Waals surface area contributed by atoms with Crippen LogP contribution in [-0.4, -0.2) is 19.8 Å². The Hall–Kier alpha value is -1.53. The molecule has 3 heteroatoms. The molecule has 0 N–H and O–H groups in total. The fraction of sp³-hybridized carbons (Fsp3) is 0.562. The van der Waals surface area contributed by atoms with Crippen LogP contribution in [0.4, 0.5) is 0 Å². The monoisotopic (exact) mass is 259 g/mol. The third kappa shape index (κ3) is 2.46. The van der Waals surface area contributed by atoms with Gasteiger partial charge in [-0.25, -0.2) is 0 Å². The van der Waals surface area contributed by atoms with E-state index in [2.05, 4.69) is 32.0 Å². The van der Waals surface area contributed by atoms with Crippen molar-refractivity contribution in [2.24, 2.45) is 11.8 Å². The summed E-state index contributed by atoms with van der Waals surface area (Å²) in [7, 11) is 0. The van der Waals surface area contributed by atoms with Gasteiger partial charge in [-0.1, -0.05) is 26.0 Å². The van der Waals surface area contributed by atoms with Crippen LogP contribution < -0.4 is 4.74 Å². The molecular formula is C16H21NO2. The van der Waals surface area contributed by atoms with Crippen LogP contribution in [0, 0.1) is 23.2 Å². The minimum atomic E-state index is -0.171. The molecule has 0 bridgehead atoms. The second-order valence-electron chi connectivity index (χ2n) is 5.46. The molecule has 0 saturated carbocycles. The highest BCUT2D eigenvalue weighted by Gasteiger charge is 2.48. The van der Waals surface area contributed by atoms with Crippen LogP contribution in [0.3, 0.4) is 0 Å². The predicted octanol–water partition coefficient (Wildman–Crippen LogP) is 3.15. The van der Waals surface area contributed by atoms with Gasteiger partial charge in [0.2, 0.25) is 0 Å². The van der Waals surface area contributed by atoms with E-state index in [1.54, 1.807) is 0 Å². The maximum absolute atomic E-state index is 9.49. The van der Waals surface area contributed by atoms with E-state index in [0.717, 1.165) is 11.3 Å². The molecule has 0 amide bonds. The molecule has 1 aromatic rings. The summed E-state index contributed by atoms with van der Waals surface area (Å²) in [4.78, 5) is 0. The van der Waals surface area contributed by atoms with E-state index < -0.39 is 0 Å². The molecule has 1 atom stereocenters. The fourth-order valence-electron chi connectivity index (χ4n) is 2.82. The third-order valence-corrected chi connectivity index (χ3v) is 3.84. The van der Waals surface area contributed by atoms with Crippen molar-refractivity contribution in [1.82, 2.24) is 0 Å². The molecule has 1 aliphatic rings. The van der Waals surface area contributed by atoms with Crippen molar-refractivity contribution in [3.05, 3.63) is 29.8 Å².